The maximum absolute atomic E-state index is 11.8. The quantitative estimate of drug-likeness (QED) is 0.250. The fourth-order valence-corrected chi connectivity index (χ4v) is 4.45. The number of aromatic hydroxyl groups is 2. The second-order valence-electron chi connectivity index (χ2n) is 6.23. The molecule has 0 aliphatic heterocycles. The fraction of sp³-hybridized carbons (Fsp3) is 0. The Labute approximate surface area is 180 Å². The van der Waals surface area contributed by atoms with Crippen molar-refractivity contribution < 1.29 is 49.1 Å². The van der Waals surface area contributed by atoms with Crippen molar-refractivity contribution in [2.75, 3.05) is 0 Å². The lowest BCUT2D eigenvalue weighted by Gasteiger charge is -2.11. The zero-order valence-electron chi connectivity index (χ0n) is 15.3. The van der Waals surface area contributed by atoms with Gasteiger partial charge in [0.2, 0.25) is 0 Å². The highest BCUT2D eigenvalue weighted by molar-refractivity contribution is 7.86. The lowest BCUT2D eigenvalue weighted by molar-refractivity contribution is 0.459. The molecule has 16 heteroatoms. The van der Waals surface area contributed by atoms with Crippen molar-refractivity contribution >= 4 is 52.5 Å². The van der Waals surface area contributed by atoms with Crippen molar-refractivity contribution in [1.82, 2.24) is 0 Å². The van der Waals surface area contributed by atoms with Gasteiger partial charge in [-0.3, -0.25) is 13.7 Å². The smallest absolute Gasteiger partial charge is 0.295 e. The van der Waals surface area contributed by atoms with Crippen molar-refractivity contribution in [1.29, 1.82) is 0 Å². The lowest BCUT2D eigenvalue weighted by Crippen LogP contribution is -2.02. The molecule has 5 N–H and O–H groups in total. The molecule has 0 bridgehead atoms. The lowest BCUT2D eigenvalue weighted by atomic mass is 10.1. The first-order chi connectivity index (χ1) is 14.6. The molecule has 0 atom stereocenters. The second kappa shape index (κ2) is 7.76. The Morgan fingerprint density at radius 3 is 1.88 bits per heavy atom. The van der Waals surface area contributed by atoms with Gasteiger partial charge in [0.25, 0.3) is 30.4 Å². The SMILES string of the molecule is O=S(=O)(O)c1cccc(N=Nc2cc(S(=O)(=O)O)c3cc(S(=O)(=O)O)cc(O)c3c2O)c1. The first kappa shape index (κ1) is 23.5. The first-order valence-electron chi connectivity index (χ1n) is 8.06. The molecular weight excluding hydrogens is 492 g/mol. The van der Waals surface area contributed by atoms with E-state index in [2.05, 4.69) is 10.2 Å². The average Bonchev–Trinajstić information content (AvgIpc) is 2.65. The Hall–Kier alpha value is -3.15. The molecule has 0 fully saturated rings. The van der Waals surface area contributed by atoms with Gasteiger partial charge in [0, 0.05) is 11.5 Å². The van der Waals surface area contributed by atoms with Crippen LogP contribution >= 0.6 is 0 Å². The molecule has 0 aliphatic carbocycles. The van der Waals surface area contributed by atoms with Gasteiger partial charge in [-0.2, -0.15) is 30.4 Å². The van der Waals surface area contributed by atoms with E-state index in [4.69, 9.17) is 4.55 Å². The van der Waals surface area contributed by atoms with Crippen molar-refractivity contribution in [3.8, 4) is 11.5 Å². The second-order valence-corrected chi connectivity index (χ2v) is 10.5. The Balaban J connectivity index is 2.29. The van der Waals surface area contributed by atoms with Crippen LogP contribution in [0.25, 0.3) is 10.8 Å². The fourth-order valence-electron chi connectivity index (χ4n) is 2.70. The minimum Gasteiger partial charge on any atom is -0.507 e. The van der Waals surface area contributed by atoms with Crippen LogP contribution in [0.4, 0.5) is 11.4 Å². The number of phenols is 2. The Bertz CT molecular complexity index is 1610. The molecule has 3 aromatic carbocycles. The minimum atomic E-state index is -5.07. The molecule has 0 aromatic heterocycles. The highest BCUT2D eigenvalue weighted by Crippen LogP contribution is 2.44. The van der Waals surface area contributed by atoms with Crippen LogP contribution in [0.15, 0.2) is 67.4 Å². The van der Waals surface area contributed by atoms with Crippen LogP contribution in [0.2, 0.25) is 0 Å². The van der Waals surface area contributed by atoms with E-state index in [9.17, 15) is 44.6 Å². The number of phenolic OH excluding ortho intramolecular Hbond substituents is 2. The van der Waals surface area contributed by atoms with E-state index < -0.39 is 73.0 Å². The van der Waals surface area contributed by atoms with E-state index in [1.165, 1.54) is 12.1 Å². The van der Waals surface area contributed by atoms with E-state index in [-0.39, 0.29) is 5.69 Å². The number of benzene rings is 3. The van der Waals surface area contributed by atoms with Crippen molar-refractivity contribution in [3.05, 3.63) is 42.5 Å². The standard InChI is InChI=1S/C16H12N2O11S3/c19-13-6-10(31(24,25)26)5-11-14(32(27,28)29)7-12(16(20)15(11)13)18-17-8-2-1-3-9(4-8)30(21,22)23/h1-7,19-20H,(H,21,22,23)(H,24,25,26)(H,27,28,29). The normalized spacial score (nSPS) is 13.1. The molecule has 32 heavy (non-hydrogen) atoms. The van der Waals surface area contributed by atoms with Crippen molar-refractivity contribution in [3.63, 3.8) is 0 Å². The van der Waals surface area contributed by atoms with Crippen LogP contribution in [0.3, 0.4) is 0 Å². The summed E-state index contributed by atoms with van der Waals surface area (Å²) in [5.41, 5.74) is -0.753. The van der Waals surface area contributed by atoms with Gasteiger partial charge in [-0.15, -0.1) is 5.11 Å². The maximum Gasteiger partial charge on any atom is 0.295 e. The highest BCUT2D eigenvalue weighted by Gasteiger charge is 2.24. The van der Waals surface area contributed by atoms with Crippen LogP contribution in [-0.4, -0.2) is 49.1 Å². The van der Waals surface area contributed by atoms with Gasteiger partial charge in [-0.25, -0.2) is 0 Å². The minimum absolute atomic E-state index is 0.140. The van der Waals surface area contributed by atoms with E-state index in [1.807, 2.05) is 0 Å². The van der Waals surface area contributed by atoms with E-state index in [0.29, 0.717) is 18.2 Å². The zero-order valence-corrected chi connectivity index (χ0v) is 17.8. The third-order valence-corrected chi connectivity index (χ3v) is 6.64. The molecule has 0 heterocycles. The summed E-state index contributed by atoms with van der Waals surface area (Å²) in [7, 11) is -14.5. The van der Waals surface area contributed by atoms with Crippen LogP contribution in [0, 0.1) is 0 Å². The first-order valence-corrected chi connectivity index (χ1v) is 12.4. The van der Waals surface area contributed by atoms with Gasteiger partial charge in [0.1, 0.15) is 16.3 Å². The molecule has 0 spiro atoms. The van der Waals surface area contributed by atoms with Gasteiger partial charge < -0.3 is 10.2 Å². The van der Waals surface area contributed by atoms with E-state index >= 15 is 0 Å². The molecule has 3 aromatic rings. The molecule has 3 rings (SSSR count). The third-order valence-electron chi connectivity index (χ3n) is 4.07. The van der Waals surface area contributed by atoms with Crippen molar-refractivity contribution in [2.24, 2.45) is 10.2 Å². The zero-order chi connectivity index (χ0) is 24.1. The van der Waals surface area contributed by atoms with E-state index in [0.717, 1.165) is 12.1 Å². The predicted octanol–water partition coefficient (Wildman–Crippen LogP) is 2.41. The Morgan fingerprint density at radius 2 is 1.31 bits per heavy atom. The summed E-state index contributed by atoms with van der Waals surface area (Å²) >= 11 is 0. The van der Waals surface area contributed by atoms with Crippen LogP contribution in [0.5, 0.6) is 11.5 Å². The van der Waals surface area contributed by atoms with Gasteiger partial charge in [-0.1, -0.05) is 6.07 Å². The van der Waals surface area contributed by atoms with Crippen LogP contribution < -0.4 is 0 Å². The number of hydrogen-bond donors (Lipinski definition) is 5. The van der Waals surface area contributed by atoms with Gasteiger partial charge in [0.15, 0.2) is 5.75 Å². The molecule has 0 saturated heterocycles. The largest absolute Gasteiger partial charge is 0.507 e. The molecule has 0 unspecified atom stereocenters. The summed E-state index contributed by atoms with van der Waals surface area (Å²) in [5.74, 6) is -1.84. The maximum atomic E-state index is 11.8. The number of rotatable bonds is 5. The van der Waals surface area contributed by atoms with Crippen molar-refractivity contribution in [2.45, 2.75) is 14.7 Å². The molecule has 0 amide bonds. The molecule has 170 valence electrons. The summed E-state index contributed by atoms with van der Waals surface area (Å²) < 4.78 is 96.6. The average molecular weight is 504 g/mol. The Morgan fingerprint density at radius 1 is 0.688 bits per heavy atom. The summed E-state index contributed by atoms with van der Waals surface area (Å²) in [4.78, 5) is -2.42. The topological polar surface area (TPSA) is 228 Å². The van der Waals surface area contributed by atoms with Crippen LogP contribution in [-0.2, 0) is 30.4 Å². The summed E-state index contributed by atoms with van der Waals surface area (Å²) in [6, 6.07) is 6.18. The molecule has 0 radical (unpaired) electrons. The van der Waals surface area contributed by atoms with Gasteiger partial charge in [-0.05, 0) is 30.3 Å². The molecule has 0 aliphatic rings. The Kier molecular flexibility index (Phi) is 5.71. The molecule has 0 saturated carbocycles. The van der Waals surface area contributed by atoms with Crippen LogP contribution in [0.1, 0.15) is 0 Å². The molecule has 13 nitrogen and oxygen atoms in total. The summed E-state index contributed by atoms with van der Waals surface area (Å²) in [6.07, 6.45) is 0. The summed E-state index contributed by atoms with van der Waals surface area (Å²) in [5, 5.41) is 26.5. The monoisotopic (exact) mass is 504 g/mol. The third kappa shape index (κ3) is 4.69. The highest BCUT2D eigenvalue weighted by atomic mass is 32.2. The number of nitrogens with zero attached hydrogens (tertiary/aromatic N) is 2. The number of fused-ring (bicyclic) bond motifs is 1. The number of azo groups is 1. The molecular formula is C16H12N2O11S3. The number of hydrogen-bond acceptors (Lipinski definition) is 10. The van der Waals surface area contributed by atoms with E-state index in [1.54, 1.807) is 0 Å². The predicted molar refractivity (Wildman–Crippen MR) is 107 cm³/mol. The summed E-state index contributed by atoms with van der Waals surface area (Å²) in [6.45, 7) is 0. The van der Waals surface area contributed by atoms with Gasteiger partial charge in [0.05, 0.1) is 20.9 Å². The van der Waals surface area contributed by atoms with Gasteiger partial charge >= 0.3 is 0 Å².